The third-order valence-corrected chi connectivity index (χ3v) is 6.92. The Morgan fingerprint density at radius 1 is 0.897 bits per heavy atom. The second-order valence-corrected chi connectivity index (χ2v) is 9.46. The molecule has 0 fully saturated rings. The van der Waals surface area contributed by atoms with Gasteiger partial charge in [0, 0.05) is 15.5 Å². The lowest BCUT2D eigenvalue weighted by Gasteiger charge is -2.09. The number of aromatic nitrogens is 1. The molecule has 0 unspecified atom stereocenters. The third-order valence-electron chi connectivity index (χ3n) is 4.17. The summed E-state index contributed by atoms with van der Waals surface area (Å²) in [7, 11) is -4.00. The minimum Gasteiger partial charge on any atom is -0.284 e. The topological polar surface area (TPSA) is 51.4 Å². The molecule has 4 nitrogen and oxygen atoms in total. The van der Waals surface area contributed by atoms with Gasteiger partial charge in [-0.3, -0.25) is 4.57 Å². The van der Waals surface area contributed by atoms with Crippen molar-refractivity contribution in [2.45, 2.75) is 4.90 Å². The van der Waals surface area contributed by atoms with Crippen LogP contribution in [0.25, 0.3) is 16.9 Å². The van der Waals surface area contributed by atoms with E-state index in [9.17, 15) is 12.8 Å². The molecule has 0 N–H and O–H groups in total. The Hall–Kier alpha value is -2.55. The van der Waals surface area contributed by atoms with Crippen LogP contribution in [0.3, 0.4) is 0 Å². The Labute approximate surface area is 179 Å². The van der Waals surface area contributed by atoms with Gasteiger partial charge in [0.15, 0.2) is 0 Å². The first-order chi connectivity index (χ1) is 13.9. The summed E-state index contributed by atoms with van der Waals surface area (Å²) >= 11 is 4.65. The number of thiazole rings is 1. The maximum Gasteiger partial charge on any atom is 0.285 e. The van der Waals surface area contributed by atoms with Crippen LogP contribution in [0.1, 0.15) is 0 Å². The number of rotatable bonds is 4. The summed E-state index contributed by atoms with van der Waals surface area (Å²) in [5.41, 5.74) is 2.54. The summed E-state index contributed by atoms with van der Waals surface area (Å²) in [6.45, 7) is 0. The molecule has 0 aliphatic rings. The van der Waals surface area contributed by atoms with Gasteiger partial charge in [-0.2, -0.15) is 8.42 Å². The lowest BCUT2D eigenvalue weighted by Crippen LogP contribution is -2.16. The predicted octanol–water partition coefficient (Wildman–Crippen LogP) is 5.40. The summed E-state index contributed by atoms with van der Waals surface area (Å²) in [6.07, 6.45) is 0. The largest absolute Gasteiger partial charge is 0.285 e. The van der Waals surface area contributed by atoms with Crippen LogP contribution in [0.5, 0.6) is 0 Å². The highest BCUT2D eigenvalue weighted by molar-refractivity contribution is 9.10. The first kappa shape index (κ1) is 19.8. The highest BCUT2D eigenvalue weighted by Crippen LogP contribution is 2.25. The monoisotopic (exact) mass is 488 g/mol. The van der Waals surface area contributed by atoms with Crippen molar-refractivity contribution in [3.63, 3.8) is 0 Å². The zero-order valence-corrected chi connectivity index (χ0v) is 18.1. The third kappa shape index (κ3) is 4.24. The number of benzene rings is 3. The molecule has 0 aliphatic heterocycles. The fourth-order valence-electron chi connectivity index (χ4n) is 2.79. The lowest BCUT2D eigenvalue weighted by molar-refractivity contribution is 0.595. The Bertz CT molecular complexity index is 1310. The van der Waals surface area contributed by atoms with E-state index in [4.69, 9.17) is 0 Å². The first-order valence-corrected chi connectivity index (χ1v) is 11.6. The van der Waals surface area contributed by atoms with Gasteiger partial charge in [0.1, 0.15) is 5.82 Å². The van der Waals surface area contributed by atoms with Gasteiger partial charge in [-0.15, -0.1) is 15.7 Å². The average Bonchev–Trinajstić information content (AvgIpc) is 3.12. The van der Waals surface area contributed by atoms with Crippen molar-refractivity contribution in [1.82, 2.24) is 4.57 Å². The van der Waals surface area contributed by atoms with E-state index >= 15 is 0 Å². The van der Waals surface area contributed by atoms with Gasteiger partial charge >= 0.3 is 0 Å². The van der Waals surface area contributed by atoms with E-state index in [1.165, 1.54) is 23.5 Å². The predicted molar refractivity (Wildman–Crippen MR) is 116 cm³/mol. The van der Waals surface area contributed by atoms with Crippen LogP contribution in [-0.2, 0) is 10.0 Å². The normalized spacial score (nSPS) is 12.3. The molecule has 4 aromatic rings. The van der Waals surface area contributed by atoms with Crippen molar-refractivity contribution >= 4 is 37.3 Å². The molecule has 146 valence electrons. The number of hydrogen-bond donors (Lipinski definition) is 0. The number of hydrogen-bond acceptors (Lipinski definition) is 3. The molecule has 8 heteroatoms. The molecule has 0 amide bonds. The molecular weight excluding hydrogens is 475 g/mol. The summed E-state index contributed by atoms with van der Waals surface area (Å²) in [5, 5.41) is 1.87. The van der Waals surface area contributed by atoms with E-state index in [-0.39, 0.29) is 4.90 Å². The van der Waals surface area contributed by atoms with Crippen molar-refractivity contribution in [2.75, 3.05) is 0 Å². The molecule has 0 bridgehead atoms. The minimum absolute atomic E-state index is 0.0582. The summed E-state index contributed by atoms with van der Waals surface area (Å²) in [4.78, 5) is 0.246. The Morgan fingerprint density at radius 3 is 2.21 bits per heavy atom. The SMILES string of the molecule is O=S(=O)(N=c1scc(-c2ccc(Br)cc2)n1-c1ccccc1)c1ccc(F)cc1. The van der Waals surface area contributed by atoms with E-state index in [1.807, 2.05) is 60.0 Å². The van der Waals surface area contributed by atoms with Crippen LogP contribution >= 0.6 is 27.3 Å². The zero-order valence-electron chi connectivity index (χ0n) is 14.9. The zero-order chi connectivity index (χ0) is 20.4. The number of sulfonamides is 1. The highest BCUT2D eigenvalue weighted by Gasteiger charge is 2.16. The van der Waals surface area contributed by atoms with E-state index in [0.717, 1.165) is 33.6 Å². The summed E-state index contributed by atoms with van der Waals surface area (Å²) in [5.74, 6) is -0.503. The van der Waals surface area contributed by atoms with Crippen LogP contribution in [0.2, 0.25) is 0 Å². The molecule has 0 aliphatic carbocycles. The van der Waals surface area contributed by atoms with Gasteiger partial charge < -0.3 is 0 Å². The molecule has 0 radical (unpaired) electrons. The number of nitrogens with zero attached hydrogens (tertiary/aromatic N) is 2. The first-order valence-electron chi connectivity index (χ1n) is 8.52. The van der Waals surface area contributed by atoms with E-state index in [1.54, 1.807) is 4.57 Å². The highest BCUT2D eigenvalue weighted by atomic mass is 79.9. The number of halogens is 2. The maximum atomic E-state index is 13.2. The van der Waals surface area contributed by atoms with Gasteiger partial charge in [0.25, 0.3) is 10.0 Å². The second-order valence-electron chi connectivity index (χ2n) is 6.10. The molecule has 1 aromatic heterocycles. The fraction of sp³-hybridized carbons (Fsp3) is 0. The standard InChI is InChI=1S/C21H14BrFN2O2S2/c22-16-8-6-15(7-9-16)20-14-28-21(25(20)18-4-2-1-3-5-18)24-29(26,27)19-12-10-17(23)11-13-19/h1-14H. The van der Waals surface area contributed by atoms with Crippen molar-refractivity contribution in [3.8, 4) is 16.9 Å². The van der Waals surface area contributed by atoms with Gasteiger partial charge in [-0.25, -0.2) is 4.39 Å². The Morgan fingerprint density at radius 2 is 1.55 bits per heavy atom. The molecular formula is C21H14BrFN2O2S2. The number of para-hydroxylation sites is 1. The summed E-state index contributed by atoms with van der Waals surface area (Å²) < 4.78 is 45.5. The molecule has 4 rings (SSSR count). The van der Waals surface area contributed by atoms with Crippen molar-refractivity contribution in [1.29, 1.82) is 0 Å². The van der Waals surface area contributed by atoms with Crippen LogP contribution < -0.4 is 4.80 Å². The van der Waals surface area contributed by atoms with Crippen molar-refractivity contribution in [2.24, 2.45) is 4.40 Å². The Kier molecular flexibility index (Phi) is 5.49. The molecule has 0 saturated heterocycles. The minimum atomic E-state index is -4.00. The average molecular weight is 489 g/mol. The molecule has 1 heterocycles. The van der Waals surface area contributed by atoms with Gasteiger partial charge in [0.2, 0.25) is 4.80 Å². The molecule has 29 heavy (non-hydrogen) atoms. The molecule has 3 aromatic carbocycles. The fourth-order valence-corrected chi connectivity index (χ4v) is 5.16. The van der Waals surface area contributed by atoms with Crippen molar-refractivity contribution in [3.05, 3.63) is 99.3 Å². The van der Waals surface area contributed by atoms with Crippen LogP contribution in [0.4, 0.5) is 4.39 Å². The Balaban J connectivity index is 1.93. The van der Waals surface area contributed by atoms with Gasteiger partial charge in [-0.05, 0) is 54.1 Å². The van der Waals surface area contributed by atoms with Crippen LogP contribution in [-0.4, -0.2) is 13.0 Å². The van der Waals surface area contributed by atoms with Crippen LogP contribution in [0.15, 0.2) is 98.0 Å². The maximum absolute atomic E-state index is 13.2. The molecule has 0 spiro atoms. The van der Waals surface area contributed by atoms with E-state index in [2.05, 4.69) is 20.3 Å². The second kappa shape index (κ2) is 8.06. The van der Waals surface area contributed by atoms with E-state index < -0.39 is 15.8 Å². The van der Waals surface area contributed by atoms with Crippen molar-refractivity contribution < 1.29 is 12.8 Å². The molecule has 0 atom stereocenters. The van der Waals surface area contributed by atoms with Crippen LogP contribution in [0, 0.1) is 5.82 Å². The lowest BCUT2D eigenvalue weighted by atomic mass is 10.1. The van der Waals surface area contributed by atoms with Gasteiger partial charge in [0.05, 0.1) is 10.6 Å². The smallest absolute Gasteiger partial charge is 0.284 e. The van der Waals surface area contributed by atoms with Gasteiger partial charge in [-0.1, -0.05) is 46.3 Å². The van der Waals surface area contributed by atoms with E-state index in [0.29, 0.717) is 4.80 Å². The molecule has 0 saturated carbocycles. The summed E-state index contributed by atoms with van der Waals surface area (Å²) in [6, 6.07) is 21.8. The quantitative estimate of drug-likeness (QED) is 0.386.